The molecule has 3 rings (SSSR count). The predicted molar refractivity (Wildman–Crippen MR) is 84.7 cm³/mol. The van der Waals surface area contributed by atoms with Gasteiger partial charge >= 0.3 is 0 Å². The zero-order valence-corrected chi connectivity index (χ0v) is 13.0. The first-order chi connectivity index (χ1) is 9.69. The molecule has 0 fully saturated rings. The van der Waals surface area contributed by atoms with Gasteiger partial charge in [0, 0.05) is 17.0 Å². The van der Waals surface area contributed by atoms with Gasteiger partial charge in [0.15, 0.2) is 0 Å². The van der Waals surface area contributed by atoms with Crippen molar-refractivity contribution in [1.82, 2.24) is 5.32 Å². The van der Waals surface area contributed by atoms with Gasteiger partial charge in [-0.2, -0.15) is 0 Å². The fourth-order valence-electron chi connectivity index (χ4n) is 2.97. The second-order valence-corrected chi connectivity index (χ2v) is 6.95. The summed E-state index contributed by atoms with van der Waals surface area (Å²) in [5.74, 6) is 0.430. The lowest BCUT2D eigenvalue weighted by atomic mass is 10.1. The van der Waals surface area contributed by atoms with E-state index in [0.717, 1.165) is 29.2 Å². The SMILES string of the molecule is CC[C@@H](N[C@@H]1CCc2c(O)cccc21)c1ccc(Cl)s1. The van der Waals surface area contributed by atoms with E-state index >= 15 is 0 Å². The number of halogens is 1. The molecule has 0 aliphatic heterocycles. The average molecular weight is 308 g/mol. The van der Waals surface area contributed by atoms with Crippen molar-refractivity contribution in [2.75, 3.05) is 0 Å². The third-order valence-corrected chi connectivity index (χ3v) is 5.34. The molecule has 1 aromatic carbocycles. The fourth-order valence-corrected chi connectivity index (χ4v) is 4.17. The topological polar surface area (TPSA) is 32.3 Å². The standard InChI is InChI=1S/C16H18ClNOS/c1-2-12(15-8-9-16(17)20-15)18-13-7-6-11-10(13)4-3-5-14(11)19/h3-5,8-9,12-13,18-19H,2,6-7H2,1H3/t12-,13-/m1/s1. The molecule has 2 atom stereocenters. The predicted octanol–water partition coefficient (Wildman–Crippen LogP) is 4.84. The van der Waals surface area contributed by atoms with Crippen molar-refractivity contribution in [3.63, 3.8) is 0 Å². The number of hydrogen-bond donors (Lipinski definition) is 2. The molecule has 0 saturated carbocycles. The highest BCUT2D eigenvalue weighted by Crippen LogP contribution is 2.39. The number of phenolic OH excluding ortho intramolecular Hbond substituents is 1. The van der Waals surface area contributed by atoms with Crippen LogP contribution in [-0.2, 0) is 6.42 Å². The largest absolute Gasteiger partial charge is 0.508 e. The number of phenols is 1. The van der Waals surface area contributed by atoms with Crippen LogP contribution in [0.1, 0.15) is 47.9 Å². The lowest BCUT2D eigenvalue weighted by molar-refractivity contribution is 0.438. The van der Waals surface area contributed by atoms with Gasteiger partial charge in [-0.15, -0.1) is 11.3 Å². The molecule has 2 aromatic rings. The highest BCUT2D eigenvalue weighted by molar-refractivity contribution is 7.16. The van der Waals surface area contributed by atoms with E-state index < -0.39 is 0 Å². The maximum atomic E-state index is 9.92. The van der Waals surface area contributed by atoms with Crippen LogP contribution in [0.2, 0.25) is 4.34 Å². The summed E-state index contributed by atoms with van der Waals surface area (Å²) in [5.41, 5.74) is 2.34. The monoisotopic (exact) mass is 307 g/mol. The second-order valence-electron chi connectivity index (χ2n) is 5.21. The van der Waals surface area contributed by atoms with Crippen LogP contribution in [0.5, 0.6) is 5.75 Å². The van der Waals surface area contributed by atoms with Crippen LogP contribution >= 0.6 is 22.9 Å². The van der Waals surface area contributed by atoms with E-state index in [9.17, 15) is 5.11 Å². The Balaban J connectivity index is 1.81. The van der Waals surface area contributed by atoms with Crippen LogP contribution < -0.4 is 5.32 Å². The van der Waals surface area contributed by atoms with Crippen molar-refractivity contribution in [1.29, 1.82) is 0 Å². The molecule has 1 aliphatic rings. The normalized spacial score (nSPS) is 19.0. The minimum atomic E-state index is 0.322. The van der Waals surface area contributed by atoms with E-state index in [1.54, 1.807) is 17.4 Å². The fraction of sp³-hybridized carbons (Fsp3) is 0.375. The van der Waals surface area contributed by atoms with E-state index in [2.05, 4.69) is 24.4 Å². The summed E-state index contributed by atoms with van der Waals surface area (Å²) in [6.07, 6.45) is 3.02. The molecule has 0 spiro atoms. The van der Waals surface area contributed by atoms with Gasteiger partial charge < -0.3 is 10.4 Å². The zero-order chi connectivity index (χ0) is 14.1. The van der Waals surface area contributed by atoms with Gasteiger partial charge in [0.2, 0.25) is 0 Å². The Bertz CT molecular complexity index is 610. The summed E-state index contributed by atoms with van der Waals surface area (Å²) in [4.78, 5) is 1.28. The van der Waals surface area contributed by atoms with Crippen molar-refractivity contribution < 1.29 is 5.11 Å². The van der Waals surface area contributed by atoms with Crippen molar-refractivity contribution in [2.45, 2.75) is 38.3 Å². The summed E-state index contributed by atoms with van der Waals surface area (Å²) in [7, 11) is 0. The first-order valence-corrected chi connectivity index (χ1v) is 8.20. The van der Waals surface area contributed by atoms with Crippen LogP contribution in [0.25, 0.3) is 0 Å². The molecule has 0 unspecified atom stereocenters. The zero-order valence-electron chi connectivity index (χ0n) is 11.4. The minimum Gasteiger partial charge on any atom is -0.508 e. The summed E-state index contributed by atoms with van der Waals surface area (Å²) in [6.45, 7) is 2.18. The molecule has 4 heteroatoms. The molecule has 0 radical (unpaired) electrons. The molecule has 106 valence electrons. The van der Waals surface area contributed by atoms with Crippen molar-refractivity contribution in [2.24, 2.45) is 0 Å². The molecule has 2 N–H and O–H groups in total. The number of nitrogens with one attached hydrogen (secondary N) is 1. The Morgan fingerprint density at radius 3 is 2.95 bits per heavy atom. The first kappa shape index (κ1) is 13.9. The minimum absolute atomic E-state index is 0.322. The quantitative estimate of drug-likeness (QED) is 0.847. The van der Waals surface area contributed by atoms with Crippen molar-refractivity contribution in [3.8, 4) is 5.75 Å². The van der Waals surface area contributed by atoms with Crippen molar-refractivity contribution >= 4 is 22.9 Å². The average Bonchev–Trinajstić information content (AvgIpc) is 3.04. The molecule has 2 nitrogen and oxygen atoms in total. The maximum Gasteiger partial charge on any atom is 0.119 e. The molecule has 1 aromatic heterocycles. The summed E-state index contributed by atoms with van der Waals surface area (Å²) >= 11 is 7.68. The van der Waals surface area contributed by atoms with Gasteiger partial charge in [0.25, 0.3) is 0 Å². The van der Waals surface area contributed by atoms with E-state index in [-0.39, 0.29) is 0 Å². The Labute approximate surface area is 128 Å². The van der Waals surface area contributed by atoms with Crippen LogP contribution in [0.3, 0.4) is 0 Å². The molecule has 1 aliphatic carbocycles. The van der Waals surface area contributed by atoms with Crippen LogP contribution in [0.4, 0.5) is 0 Å². The third-order valence-electron chi connectivity index (χ3n) is 3.99. The highest BCUT2D eigenvalue weighted by Gasteiger charge is 2.26. The smallest absolute Gasteiger partial charge is 0.119 e. The van der Waals surface area contributed by atoms with Gasteiger partial charge in [-0.25, -0.2) is 0 Å². The van der Waals surface area contributed by atoms with Crippen LogP contribution in [0, 0.1) is 0 Å². The van der Waals surface area contributed by atoms with Gasteiger partial charge in [0.05, 0.1) is 4.34 Å². The maximum absolute atomic E-state index is 9.92. The molecule has 20 heavy (non-hydrogen) atoms. The van der Waals surface area contributed by atoms with E-state index in [0.29, 0.717) is 17.8 Å². The highest BCUT2D eigenvalue weighted by atomic mass is 35.5. The molecule has 1 heterocycles. The number of fused-ring (bicyclic) bond motifs is 1. The third kappa shape index (κ3) is 2.58. The van der Waals surface area contributed by atoms with Gasteiger partial charge in [0.1, 0.15) is 5.75 Å². The lowest BCUT2D eigenvalue weighted by Crippen LogP contribution is -2.24. The van der Waals surface area contributed by atoms with Gasteiger partial charge in [-0.05, 0) is 48.6 Å². The van der Waals surface area contributed by atoms with Crippen LogP contribution in [0.15, 0.2) is 30.3 Å². The summed E-state index contributed by atoms with van der Waals surface area (Å²) in [6, 6.07) is 10.5. The molecule has 0 bridgehead atoms. The van der Waals surface area contributed by atoms with Gasteiger partial charge in [-0.3, -0.25) is 0 Å². The van der Waals surface area contributed by atoms with Crippen molar-refractivity contribution in [3.05, 3.63) is 50.7 Å². The Hall–Kier alpha value is -1.03. The van der Waals surface area contributed by atoms with Gasteiger partial charge in [-0.1, -0.05) is 30.7 Å². The lowest BCUT2D eigenvalue weighted by Gasteiger charge is -2.22. The Morgan fingerprint density at radius 1 is 1.40 bits per heavy atom. The number of aromatic hydroxyl groups is 1. The molecule has 0 amide bonds. The summed E-state index contributed by atoms with van der Waals surface area (Å²) < 4.78 is 0.838. The van der Waals surface area contributed by atoms with E-state index in [4.69, 9.17) is 11.6 Å². The second kappa shape index (κ2) is 5.76. The number of benzene rings is 1. The van der Waals surface area contributed by atoms with E-state index in [1.165, 1.54) is 10.4 Å². The Morgan fingerprint density at radius 2 is 2.25 bits per heavy atom. The van der Waals surface area contributed by atoms with Crippen LogP contribution in [-0.4, -0.2) is 5.11 Å². The molecular weight excluding hydrogens is 290 g/mol. The Kier molecular flexibility index (Phi) is 4.01. The first-order valence-electron chi connectivity index (χ1n) is 7.01. The number of thiophene rings is 1. The van der Waals surface area contributed by atoms with E-state index in [1.807, 2.05) is 12.1 Å². The number of hydrogen-bond acceptors (Lipinski definition) is 3. The molecule has 0 saturated heterocycles. The summed E-state index contributed by atoms with van der Waals surface area (Å²) in [5, 5.41) is 13.6. The number of rotatable bonds is 4. The molecular formula is C16H18ClNOS.